The number of alkyl carbamates (subject to hydrolysis) is 1. The summed E-state index contributed by atoms with van der Waals surface area (Å²) in [5.41, 5.74) is 6.09. The zero-order chi connectivity index (χ0) is 32.9. The molecule has 44 heavy (non-hydrogen) atoms. The first-order chi connectivity index (χ1) is 20.7. The van der Waals surface area contributed by atoms with Crippen LogP contribution in [0.15, 0.2) is 54.6 Å². The lowest BCUT2D eigenvalue weighted by atomic mass is 10.0. The predicted molar refractivity (Wildman–Crippen MR) is 169 cm³/mol. The second kappa shape index (κ2) is 17.1. The molecule has 0 aliphatic heterocycles. The fourth-order valence-electron chi connectivity index (χ4n) is 4.06. The number of ether oxygens (including phenoxy) is 1. The summed E-state index contributed by atoms with van der Waals surface area (Å²) < 4.78 is 5.31. The molecule has 0 radical (unpaired) electrons. The van der Waals surface area contributed by atoms with E-state index in [0.29, 0.717) is 17.7 Å². The smallest absolute Gasteiger partial charge is 0.408 e. The number of carbonyl (C=O) groups is 5. The fraction of sp³-hybridized carbons (Fsp3) is 0.452. The minimum Gasteiger partial charge on any atom is -0.508 e. The van der Waals surface area contributed by atoms with Gasteiger partial charge < -0.3 is 36.8 Å². The first kappa shape index (κ1) is 35.9. The number of amides is 5. The van der Waals surface area contributed by atoms with Crippen LogP contribution in [-0.2, 0) is 36.8 Å². The molecule has 0 heterocycles. The van der Waals surface area contributed by atoms with Gasteiger partial charge in [0.2, 0.25) is 23.6 Å². The number of nitrogens with two attached hydrogens (primary N) is 1. The van der Waals surface area contributed by atoms with Gasteiger partial charge in [0.25, 0.3) is 0 Å². The van der Waals surface area contributed by atoms with E-state index in [-0.39, 0.29) is 18.6 Å². The van der Waals surface area contributed by atoms with Crippen molar-refractivity contribution in [2.24, 2.45) is 5.73 Å². The molecule has 13 heteroatoms. The SMILES string of the molecule is CSCC[C@H](NC(=O)[C@H](Cc1ccccc1)NC(=O)[C@@H](C)NC(=O)[C@H](Cc1ccc(O)cc1)NC(=O)OC(C)(C)C)C(N)=O. The van der Waals surface area contributed by atoms with Gasteiger partial charge in [-0.05, 0) is 69.4 Å². The third-order valence-electron chi connectivity index (χ3n) is 6.32. The Labute approximate surface area is 262 Å². The Balaban J connectivity index is 2.19. The Bertz CT molecular complexity index is 1270. The number of carbonyl (C=O) groups excluding carboxylic acids is 5. The van der Waals surface area contributed by atoms with Gasteiger partial charge in [0.15, 0.2) is 0 Å². The van der Waals surface area contributed by atoms with E-state index in [4.69, 9.17) is 10.5 Å². The highest BCUT2D eigenvalue weighted by Crippen LogP contribution is 2.13. The van der Waals surface area contributed by atoms with Crippen LogP contribution in [0.3, 0.4) is 0 Å². The molecule has 2 aromatic rings. The summed E-state index contributed by atoms with van der Waals surface area (Å²) in [6.07, 6.45) is 1.54. The van der Waals surface area contributed by atoms with Crippen molar-refractivity contribution in [1.29, 1.82) is 0 Å². The van der Waals surface area contributed by atoms with E-state index in [0.717, 1.165) is 5.56 Å². The summed E-state index contributed by atoms with van der Waals surface area (Å²) in [4.78, 5) is 64.3. The zero-order valence-corrected chi connectivity index (χ0v) is 26.5. The Morgan fingerprint density at radius 2 is 1.32 bits per heavy atom. The lowest BCUT2D eigenvalue weighted by Crippen LogP contribution is -2.58. The molecule has 0 aromatic heterocycles. The summed E-state index contributed by atoms with van der Waals surface area (Å²) >= 11 is 1.50. The highest BCUT2D eigenvalue weighted by Gasteiger charge is 2.30. The molecular weight excluding hydrogens is 586 g/mol. The van der Waals surface area contributed by atoms with E-state index in [1.54, 1.807) is 57.2 Å². The molecule has 12 nitrogen and oxygen atoms in total. The lowest BCUT2D eigenvalue weighted by molar-refractivity contribution is -0.133. The molecule has 4 atom stereocenters. The van der Waals surface area contributed by atoms with Crippen LogP contribution >= 0.6 is 11.8 Å². The molecular formula is C31H43N5O7S. The van der Waals surface area contributed by atoms with Crippen molar-refractivity contribution < 1.29 is 33.8 Å². The van der Waals surface area contributed by atoms with Crippen molar-refractivity contribution in [3.8, 4) is 5.75 Å². The molecule has 5 amide bonds. The van der Waals surface area contributed by atoms with Crippen LogP contribution in [-0.4, -0.2) is 76.6 Å². The van der Waals surface area contributed by atoms with Gasteiger partial charge in [-0.2, -0.15) is 11.8 Å². The molecule has 0 aliphatic rings. The number of nitrogens with one attached hydrogen (secondary N) is 4. The third kappa shape index (κ3) is 12.9. The summed E-state index contributed by atoms with van der Waals surface area (Å²) in [6, 6.07) is 10.9. The number of phenols is 1. The first-order valence-corrected chi connectivity index (χ1v) is 15.6. The van der Waals surface area contributed by atoms with E-state index in [1.165, 1.54) is 30.8 Å². The van der Waals surface area contributed by atoms with E-state index in [9.17, 15) is 29.1 Å². The molecule has 0 aliphatic carbocycles. The molecule has 2 rings (SSSR count). The molecule has 2 aromatic carbocycles. The maximum Gasteiger partial charge on any atom is 0.408 e. The Morgan fingerprint density at radius 1 is 0.795 bits per heavy atom. The zero-order valence-electron chi connectivity index (χ0n) is 25.7. The van der Waals surface area contributed by atoms with Crippen LogP contribution in [0.1, 0.15) is 45.2 Å². The van der Waals surface area contributed by atoms with Gasteiger partial charge in [0.1, 0.15) is 35.5 Å². The summed E-state index contributed by atoms with van der Waals surface area (Å²) in [5, 5.41) is 20.1. The lowest BCUT2D eigenvalue weighted by Gasteiger charge is -2.26. The number of primary amides is 1. The first-order valence-electron chi connectivity index (χ1n) is 14.2. The maximum absolute atomic E-state index is 13.3. The normalized spacial score (nSPS) is 13.8. The Morgan fingerprint density at radius 3 is 1.86 bits per heavy atom. The van der Waals surface area contributed by atoms with Gasteiger partial charge in [0.05, 0.1) is 0 Å². The Hall–Kier alpha value is -4.26. The van der Waals surface area contributed by atoms with Crippen molar-refractivity contribution >= 4 is 41.5 Å². The molecule has 7 N–H and O–H groups in total. The number of hydrogen-bond donors (Lipinski definition) is 6. The number of hydrogen-bond acceptors (Lipinski definition) is 8. The number of benzene rings is 2. The number of phenolic OH excluding ortho intramolecular Hbond substituents is 1. The van der Waals surface area contributed by atoms with Crippen LogP contribution < -0.4 is 27.0 Å². The fourth-order valence-corrected chi connectivity index (χ4v) is 4.53. The Kier molecular flexibility index (Phi) is 14.0. The number of thioether (sulfide) groups is 1. The maximum atomic E-state index is 13.3. The average Bonchev–Trinajstić information content (AvgIpc) is 2.94. The predicted octanol–water partition coefficient (Wildman–Crippen LogP) is 1.78. The van der Waals surface area contributed by atoms with Gasteiger partial charge in [-0.25, -0.2) is 4.79 Å². The van der Waals surface area contributed by atoms with Crippen LogP contribution in [0.5, 0.6) is 5.75 Å². The minimum atomic E-state index is -1.12. The van der Waals surface area contributed by atoms with Crippen molar-refractivity contribution in [3.05, 3.63) is 65.7 Å². The molecule has 0 bridgehead atoms. The second-order valence-electron chi connectivity index (χ2n) is 11.3. The topological polar surface area (TPSA) is 189 Å². The quantitative estimate of drug-likeness (QED) is 0.172. The molecule has 0 fully saturated rings. The van der Waals surface area contributed by atoms with Gasteiger partial charge in [-0.1, -0.05) is 42.5 Å². The largest absolute Gasteiger partial charge is 0.508 e. The molecule has 0 spiro atoms. The molecule has 0 unspecified atom stereocenters. The van der Waals surface area contributed by atoms with E-state index < -0.39 is 59.5 Å². The van der Waals surface area contributed by atoms with Gasteiger partial charge in [-0.3, -0.25) is 19.2 Å². The number of rotatable bonds is 15. The van der Waals surface area contributed by atoms with Crippen LogP contribution in [0.4, 0.5) is 4.79 Å². The molecule has 0 saturated carbocycles. The minimum absolute atomic E-state index is 0.0423. The van der Waals surface area contributed by atoms with Crippen LogP contribution in [0.25, 0.3) is 0 Å². The summed E-state index contributed by atoms with van der Waals surface area (Å²) in [6.45, 7) is 6.50. The van der Waals surface area contributed by atoms with Crippen molar-refractivity contribution in [2.45, 2.75) is 76.7 Å². The summed E-state index contributed by atoms with van der Waals surface area (Å²) in [7, 11) is 0. The highest BCUT2D eigenvalue weighted by atomic mass is 32.2. The van der Waals surface area contributed by atoms with Crippen LogP contribution in [0.2, 0.25) is 0 Å². The second-order valence-corrected chi connectivity index (χ2v) is 12.3. The highest BCUT2D eigenvalue weighted by molar-refractivity contribution is 7.98. The standard InChI is InChI=1S/C31H43N5O7S/c1-19(33-28(40)25(36-30(42)43-31(2,3)4)18-21-11-13-22(37)14-12-21)27(39)35-24(17-20-9-7-6-8-10-20)29(41)34-23(26(32)38)15-16-44-5/h6-14,19,23-25,37H,15-18H2,1-5H3,(H2,32,38)(H,33,40)(H,34,41)(H,35,39)(H,36,42)/t19-,23+,24+,25+/m1/s1. The average molecular weight is 630 g/mol. The molecule has 240 valence electrons. The van der Waals surface area contributed by atoms with Gasteiger partial charge in [0, 0.05) is 12.8 Å². The van der Waals surface area contributed by atoms with Crippen molar-refractivity contribution in [3.63, 3.8) is 0 Å². The monoisotopic (exact) mass is 629 g/mol. The van der Waals surface area contributed by atoms with E-state index >= 15 is 0 Å². The van der Waals surface area contributed by atoms with Gasteiger partial charge >= 0.3 is 6.09 Å². The summed E-state index contributed by atoms with van der Waals surface area (Å²) in [5.74, 6) is -1.97. The third-order valence-corrected chi connectivity index (χ3v) is 6.97. The van der Waals surface area contributed by atoms with Gasteiger partial charge in [-0.15, -0.1) is 0 Å². The van der Waals surface area contributed by atoms with Crippen LogP contribution in [0, 0.1) is 0 Å². The van der Waals surface area contributed by atoms with E-state index in [1.807, 2.05) is 12.3 Å². The molecule has 0 saturated heterocycles. The van der Waals surface area contributed by atoms with Crippen molar-refractivity contribution in [2.75, 3.05) is 12.0 Å². The van der Waals surface area contributed by atoms with Crippen molar-refractivity contribution in [1.82, 2.24) is 21.3 Å². The van der Waals surface area contributed by atoms with E-state index in [2.05, 4.69) is 21.3 Å². The number of aromatic hydroxyl groups is 1.